The van der Waals surface area contributed by atoms with Crippen LogP contribution in [-0.4, -0.2) is 79.3 Å². The second-order valence-corrected chi connectivity index (χ2v) is 10.1. The van der Waals surface area contributed by atoms with E-state index in [1.807, 2.05) is 23.2 Å². The second-order valence-electron chi connectivity index (χ2n) is 10.1. The van der Waals surface area contributed by atoms with Crippen LogP contribution in [0.4, 0.5) is 5.69 Å². The third-order valence-electron chi connectivity index (χ3n) is 8.00. The lowest BCUT2D eigenvalue weighted by atomic mass is 9.84. The number of pyridine rings is 1. The summed E-state index contributed by atoms with van der Waals surface area (Å²) < 4.78 is 12.4. The first kappa shape index (κ1) is 24.2. The fraction of sp³-hybridized carbons (Fsp3) is 0.571. The maximum absolute atomic E-state index is 13.6. The Labute approximate surface area is 208 Å². The van der Waals surface area contributed by atoms with Crippen molar-refractivity contribution in [3.63, 3.8) is 0 Å². The first-order valence-electron chi connectivity index (χ1n) is 13.1. The van der Waals surface area contributed by atoms with Crippen molar-refractivity contribution in [3.8, 4) is 0 Å². The zero-order chi connectivity index (χ0) is 24.1. The standard InChI is InChI=1S/C28H38N4O3/c1-34-26(25-11-10-22-7-2-3-9-24(22)30-25)27(33)32-17-12-28(13-18-32,23-8-6-14-29-21-23)35-20-19-31-15-4-5-16-31/h2-3,6-9,14,21,25-26,30H,4-5,10-13,15-20H2,1H3. The number of nitrogens with zero attached hydrogens (tertiary/aromatic N) is 3. The molecule has 2 atom stereocenters. The minimum Gasteiger partial charge on any atom is -0.379 e. The Morgan fingerprint density at radius 2 is 1.94 bits per heavy atom. The lowest BCUT2D eigenvalue weighted by molar-refractivity contribution is -0.150. The number of likely N-dealkylation sites (tertiary alicyclic amines) is 2. The van der Waals surface area contributed by atoms with E-state index in [1.165, 1.54) is 31.5 Å². The summed E-state index contributed by atoms with van der Waals surface area (Å²) in [5.74, 6) is 0.0706. The fourth-order valence-corrected chi connectivity index (χ4v) is 5.92. The SMILES string of the molecule is COC(C(=O)N1CCC(OCCN2CCCC2)(c2cccnc2)CC1)C1CCc2ccccc2N1. The Morgan fingerprint density at radius 3 is 2.69 bits per heavy atom. The molecular formula is C28H38N4O3. The highest BCUT2D eigenvalue weighted by Crippen LogP contribution is 2.37. The van der Waals surface area contributed by atoms with E-state index in [9.17, 15) is 4.79 Å². The molecule has 7 heteroatoms. The van der Waals surface area contributed by atoms with Crippen molar-refractivity contribution >= 4 is 11.6 Å². The van der Waals surface area contributed by atoms with Crippen LogP contribution in [0, 0.1) is 0 Å². The van der Waals surface area contributed by atoms with Crippen LogP contribution >= 0.6 is 0 Å². The van der Waals surface area contributed by atoms with E-state index in [0.717, 1.165) is 43.5 Å². The maximum atomic E-state index is 13.6. The highest BCUT2D eigenvalue weighted by Gasteiger charge is 2.41. The molecule has 1 aromatic carbocycles. The molecule has 188 valence electrons. The van der Waals surface area contributed by atoms with Gasteiger partial charge in [0.25, 0.3) is 5.91 Å². The molecule has 0 spiro atoms. The summed E-state index contributed by atoms with van der Waals surface area (Å²) in [6, 6.07) is 12.4. The number of amides is 1. The smallest absolute Gasteiger partial charge is 0.253 e. The van der Waals surface area contributed by atoms with Crippen LogP contribution in [0.5, 0.6) is 0 Å². The van der Waals surface area contributed by atoms with Crippen molar-refractivity contribution in [1.82, 2.24) is 14.8 Å². The van der Waals surface area contributed by atoms with Gasteiger partial charge in [-0.3, -0.25) is 9.78 Å². The van der Waals surface area contributed by atoms with Gasteiger partial charge in [-0.05, 0) is 69.3 Å². The summed E-state index contributed by atoms with van der Waals surface area (Å²) in [4.78, 5) is 22.4. The van der Waals surface area contributed by atoms with Crippen LogP contribution in [0.2, 0.25) is 0 Å². The molecule has 3 aliphatic heterocycles. The number of methoxy groups -OCH3 is 1. The topological polar surface area (TPSA) is 66.9 Å². The van der Waals surface area contributed by atoms with Crippen molar-refractivity contribution in [1.29, 1.82) is 0 Å². The number of carbonyl (C=O) groups is 1. The van der Waals surface area contributed by atoms with Crippen molar-refractivity contribution in [2.24, 2.45) is 0 Å². The Bertz CT molecular complexity index is 971. The summed E-state index contributed by atoms with van der Waals surface area (Å²) >= 11 is 0. The Hall–Kier alpha value is -2.48. The minimum absolute atomic E-state index is 0.0240. The second kappa shape index (κ2) is 11.1. The number of hydrogen-bond donors (Lipinski definition) is 1. The van der Waals surface area contributed by atoms with E-state index in [4.69, 9.17) is 9.47 Å². The molecule has 1 N–H and O–H groups in total. The Morgan fingerprint density at radius 1 is 1.14 bits per heavy atom. The van der Waals surface area contributed by atoms with Gasteiger partial charge in [-0.15, -0.1) is 0 Å². The van der Waals surface area contributed by atoms with Gasteiger partial charge < -0.3 is 24.6 Å². The highest BCUT2D eigenvalue weighted by atomic mass is 16.5. The van der Waals surface area contributed by atoms with Crippen LogP contribution in [0.25, 0.3) is 0 Å². The van der Waals surface area contributed by atoms with Crippen LogP contribution in [0.15, 0.2) is 48.8 Å². The molecule has 0 bridgehead atoms. The number of hydrogen-bond acceptors (Lipinski definition) is 6. The quantitative estimate of drug-likeness (QED) is 0.627. The first-order chi connectivity index (χ1) is 17.2. The predicted octanol–water partition coefficient (Wildman–Crippen LogP) is 3.45. The molecule has 1 aromatic heterocycles. The number of benzene rings is 1. The van der Waals surface area contributed by atoms with Crippen LogP contribution in [-0.2, 0) is 26.3 Å². The highest BCUT2D eigenvalue weighted by molar-refractivity contribution is 5.82. The van der Waals surface area contributed by atoms with Gasteiger partial charge in [-0.1, -0.05) is 24.3 Å². The van der Waals surface area contributed by atoms with Crippen LogP contribution in [0.3, 0.4) is 0 Å². The average Bonchev–Trinajstić information content (AvgIpc) is 3.43. The normalized spacial score (nSPS) is 22.9. The third kappa shape index (κ3) is 5.37. The predicted molar refractivity (Wildman–Crippen MR) is 136 cm³/mol. The number of anilines is 1. The molecule has 2 aromatic rings. The molecule has 7 nitrogen and oxygen atoms in total. The lowest BCUT2D eigenvalue weighted by Crippen LogP contribution is -2.54. The molecule has 0 aliphatic carbocycles. The molecule has 0 radical (unpaired) electrons. The summed E-state index contributed by atoms with van der Waals surface area (Å²) in [6.45, 7) is 5.31. The zero-order valence-electron chi connectivity index (χ0n) is 20.8. The van der Waals surface area contributed by atoms with Crippen molar-refractivity contribution < 1.29 is 14.3 Å². The number of piperidine rings is 1. The number of aryl methyl sites for hydroxylation is 1. The van der Waals surface area contributed by atoms with E-state index in [0.29, 0.717) is 19.7 Å². The molecular weight excluding hydrogens is 440 g/mol. The van der Waals surface area contributed by atoms with E-state index >= 15 is 0 Å². The largest absolute Gasteiger partial charge is 0.379 e. The van der Waals surface area contributed by atoms with Crippen LogP contribution in [0.1, 0.15) is 43.2 Å². The van der Waals surface area contributed by atoms with Gasteiger partial charge in [0, 0.05) is 50.4 Å². The minimum atomic E-state index is -0.495. The molecule has 35 heavy (non-hydrogen) atoms. The van der Waals surface area contributed by atoms with Gasteiger partial charge in [0.1, 0.15) is 0 Å². The third-order valence-corrected chi connectivity index (χ3v) is 8.00. The van der Waals surface area contributed by atoms with Gasteiger partial charge in [0.2, 0.25) is 0 Å². The van der Waals surface area contributed by atoms with Gasteiger partial charge in [0.15, 0.2) is 6.10 Å². The molecule has 0 saturated carbocycles. The molecule has 1 amide bonds. The zero-order valence-corrected chi connectivity index (χ0v) is 20.8. The summed E-state index contributed by atoms with van der Waals surface area (Å²) in [6.07, 6.45) is 9.17. The molecule has 4 heterocycles. The van der Waals surface area contributed by atoms with E-state index in [2.05, 4.69) is 39.5 Å². The van der Waals surface area contributed by atoms with Crippen molar-refractivity contribution in [3.05, 3.63) is 59.9 Å². The van der Waals surface area contributed by atoms with E-state index in [-0.39, 0.29) is 11.9 Å². The Kier molecular flexibility index (Phi) is 7.66. The molecule has 3 aliphatic rings. The number of nitrogens with one attached hydrogen (secondary N) is 1. The number of carbonyl (C=O) groups excluding carboxylic acids is 1. The number of rotatable bonds is 8. The summed E-state index contributed by atoms with van der Waals surface area (Å²) in [5, 5.41) is 3.55. The lowest BCUT2D eigenvalue weighted by Gasteiger charge is -2.43. The Balaban J connectivity index is 1.23. The van der Waals surface area contributed by atoms with E-state index < -0.39 is 11.7 Å². The molecule has 5 rings (SSSR count). The monoisotopic (exact) mass is 478 g/mol. The van der Waals surface area contributed by atoms with E-state index in [1.54, 1.807) is 13.3 Å². The molecule has 2 unspecified atom stereocenters. The molecule has 2 fully saturated rings. The number of aromatic nitrogens is 1. The number of ether oxygens (including phenoxy) is 2. The fourth-order valence-electron chi connectivity index (χ4n) is 5.92. The molecule has 2 saturated heterocycles. The van der Waals surface area contributed by atoms with Gasteiger partial charge in [-0.2, -0.15) is 0 Å². The van der Waals surface area contributed by atoms with Crippen molar-refractivity contribution in [2.75, 3.05) is 51.8 Å². The van der Waals surface area contributed by atoms with Gasteiger partial charge in [0.05, 0.1) is 18.2 Å². The summed E-state index contributed by atoms with van der Waals surface area (Å²) in [7, 11) is 1.65. The summed E-state index contributed by atoms with van der Waals surface area (Å²) in [5.41, 5.74) is 3.13. The van der Waals surface area contributed by atoms with Gasteiger partial charge in [-0.25, -0.2) is 0 Å². The average molecular weight is 479 g/mol. The van der Waals surface area contributed by atoms with Gasteiger partial charge >= 0.3 is 0 Å². The number of para-hydroxylation sites is 1. The van der Waals surface area contributed by atoms with Crippen LogP contribution < -0.4 is 5.32 Å². The number of fused-ring (bicyclic) bond motifs is 1. The first-order valence-corrected chi connectivity index (χ1v) is 13.1. The van der Waals surface area contributed by atoms with Crippen molar-refractivity contribution in [2.45, 2.75) is 56.3 Å². The maximum Gasteiger partial charge on any atom is 0.253 e.